The monoisotopic (exact) mass is 486 g/mol. The fourth-order valence-corrected chi connectivity index (χ4v) is 5.21. The standard InChI is InChI=1S/C28H26N2O4S/c1-21-17-18-26(22(2)19-21)30(35(32,33)24-13-7-4-8-14-24)20-28(31)29-25-15-9-10-16-27(25)34-23-11-5-3-6-12-23/h3-19H,20H2,1-2H3,(H,29,31). The predicted octanol–water partition coefficient (Wildman–Crippen LogP) is 5.93. The number of anilines is 2. The van der Waals surface area contributed by atoms with Crippen molar-refractivity contribution in [3.8, 4) is 11.5 Å². The van der Waals surface area contributed by atoms with Gasteiger partial charge in [0.25, 0.3) is 10.0 Å². The van der Waals surface area contributed by atoms with Crippen LogP contribution < -0.4 is 14.4 Å². The fourth-order valence-electron chi connectivity index (χ4n) is 3.70. The van der Waals surface area contributed by atoms with Gasteiger partial charge in [0.1, 0.15) is 12.3 Å². The van der Waals surface area contributed by atoms with E-state index >= 15 is 0 Å². The average molecular weight is 487 g/mol. The molecule has 0 aliphatic rings. The number of sulfonamides is 1. The van der Waals surface area contributed by atoms with Crippen LogP contribution in [-0.4, -0.2) is 20.9 Å². The van der Waals surface area contributed by atoms with Gasteiger partial charge in [0.2, 0.25) is 5.91 Å². The number of para-hydroxylation sites is 3. The molecule has 0 saturated carbocycles. The van der Waals surface area contributed by atoms with E-state index in [2.05, 4.69) is 5.32 Å². The number of rotatable bonds is 8. The minimum absolute atomic E-state index is 0.112. The Hall–Kier alpha value is -4.10. The highest BCUT2D eigenvalue weighted by Crippen LogP contribution is 2.30. The first kappa shape index (κ1) is 24.0. The maximum atomic E-state index is 13.6. The van der Waals surface area contributed by atoms with Crippen molar-refractivity contribution < 1.29 is 17.9 Å². The molecule has 35 heavy (non-hydrogen) atoms. The Bertz CT molecular complexity index is 1420. The van der Waals surface area contributed by atoms with E-state index in [1.807, 2.05) is 56.3 Å². The Labute approximate surface area is 205 Å². The highest BCUT2D eigenvalue weighted by molar-refractivity contribution is 7.92. The SMILES string of the molecule is Cc1ccc(N(CC(=O)Nc2ccccc2Oc2ccccc2)S(=O)(=O)c2ccccc2)c(C)c1. The van der Waals surface area contributed by atoms with E-state index in [-0.39, 0.29) is 4.90 Å². The smallest absolute Gasteiger partial charge is 0.264 e. The number of ether oxygens (including phenoxy) is 1. The van der Waals surface area contributed by atoms with Crippen LogP contribution in [0.4, 0.5) is 11.4 Å². The molecule has 4 aromatic rings. The summed E-state index contributed by atoms with van der Waals surface area (Å²) in [5, 5.41) is 2.82. The molecule has 7 heteroatoms. The quantitative estimate of drug-likeness (QED) is 0.335. The molecule has 0 bridgehead atoms. The minimum Gasteiger partial charge on any atom is -0.455 e. The third-order valence-corrected chi connectivity index (χ3v) is 7.15. The van der Waals surface area contributed by atoms with Gasteiger partial charge in [-0.2, -0.15) is 0 Å². The van der Waals surface area contributed by atoms with Crippen molar-refractivity contribution in [2.24, 2.45) is 0 Å². The molecule has 178 valence electrons. The fraction of sp³-hybridized carbons (Fsp3) is 0.107. The number of aryl methyl sites for hydroxylation is 2. The van der Waals surface area contributed by atoms with E-state index in [1.165, 1.54) is 12.1 Å². The molecule has 0 aliphatic carbocycles. The summed E-state index contributed by atoms with van der Waals surface area (Å²) in [6.45, 7) is 3.36. The van der Waals surface area contributed by atoms with Crippen molar-refractivity contribution in [1.82, 2.24) is 0 Å². The lowest BCUT2D eigenvalue weighted by molar-refractivity contribution is -0.114. The van der Waals surface area contributed by atoms with Crippen LogP contribution in [0.15, 0.2) is 108 Å². The Kier molecular flexibility index (Phi) is 7.17. The topological polar surface area (TPSA) is 75.7 Å². The predicted molar refractivity (Wildman–Crippen MR) is 138 cm³/mol. The number of amides is 1. The molecule has 4 rings (SSSR count). The third-order valence-electron chi connectivity index (χ3n) is 5.37. The van der Waals surface area contributed by atoms with Crippen LogP contribution in [0.3, 0.4) is 0 Å². The summed E-state index contributed by atoms with van der Waals surface area (Å²) in [7, 11) is -3.99. The second-order valence-corrected chi connectivity index (χ2v) is 9.94. The normalized spacial score (nSPS) is 11.0. The lowest BCUT2D eigenvalue weighted by atomic mass is 10.1. The van der Waals surface area contributed by atoms with Gasteiger partial charge in [0, 0.05) is 0 Å². The van der Waals surface area contributed by atoms with Crippen molar-refractivity contribution in [2.75, 3.05) is 16.2 Å². The average Bonchev–Trinajstić information content (AvgIpc) is 2.85. The Morgan fingerprint density at radius 2 is 1.46 bits per heavy atom. The molecule has 0 unspecified atom stereocenters. The van der Waals surface area contributed by atoms with E-state index in [0.29, 0.717) is 22.9 Å². The van der Waals surface area contributed by atoms with Crippen LogP contribution in [0, 0.1) is 13.8 Å². The van der Waals surface area contributed by atoms with E-state index in [0.717, 1.165) is 15.4 Å². The van der Waals surface area contributed by atoms with Gasteiger partial charge in [-0.25, -0.2) is 8.42 Å². The highest BCUT2D eigenvalue weighted by Gasteiger charge is 2.28. The number of carbonyl (C=O) groups excluding carboxylic acids is 1. The summed E-state index contributed by atoms with van der Waals surface area (Å²) < 4.78 is 34.2. The van der Waals surface area contributed by atoms with E-state index in [9.17, 15) is 13.2 Å². The zero-order valence-electron chi connectivity index (χ0n) is 19.5. The zero-order valence-corrected chi connectivity index (χ0v) is 20.3. The lowest BCUT2D eigenvalue weighted by Gasteiger charge is -2.26. The number of hydrogen-bond donors (Lipinski definition) is 1. The van der Waals surface area contributed by atoms with Crippen LogP contribution in [0.2, 0.25) is 0 Å². The zero-order chi connectivity index (χ0) is 24.8. The summed E-state index contributed by atoms with van der Waals surface area (Å²) in [4.78, 5) is 13.3. The molecule has 4 aromatic carbocycles. The van der Waals surface area contributed by atoms with Gasteiger partial charge < -0.3 is 10.1 Å². The summed E-state index contributed by atoms with van der Waals surface area (Å²) in [5.41, 5.74) is 2.65. The number of benzene rings is 4. The van der Waals surface area contributed by atoms with Crippen LogP contribution in [0.1, 0.15) is 11.1 Å². The largest absolute Gasteiger partial charge is 0.455 e. The van der Waals surface area contributed by atoms with E-state index < -0.39 is 22.5 Å². The van der Waals surface area contributed by atoms with Gasteiger partial charge in [-0.15, -0.1) is 0 Å². The van der Waals surface area contributed by atoms with Crippen LogP contribution >= 0.6 is 0 Å². The number of hydrogen-bond acceptors (Lipinski definition) is 4. The van der Waals surface area contributed by atoms with Gasteiger partial charge >= 0.3 is 0 Å². The second-order valence-electron chi connectivity index (χ2n) is 8.07. The summed E-state index contributed by atoms with van der Waals surface area (Å²) in [5.74, 6) is 0.586. The van der Waals surface area contributed by atoms with Crippen molar-refractivity contribution in [3.05, 3.63) is 114 Å². The molecule has 0 aromatic heterocycles. The third kappa shape index (κ3) is 5.70. The summed E-state index contributed by atoms with van der Waals surface area (Å²) >= 11 is 0. The Balaban J connectivity index is 1.64. The maximum Gasteiger partial charge on any atom is 0.264 e. The molecule has 6 nitrogen and oxygen atoms in total. The van der Waals surface area contributed by atoms with Gasteiger partial charge in [-0.05, 0) is 61.9 Å². The summed E-state index contributed by atoms with van der Waals surface area (Å²) in [6, 6.07) is 29.8. The molecule has 0 saturated heterocycles. The van der Waals surface area contributed by atoms with Gasteiger partial charge in [-0.1, -0.05) is 66.2 Å². The number of nitrogens with zero attached hydrogens (tertiary/aromatic N) is 1. The first-order valence-corrected chi connectivity index (χ1v) is 12.6. The maximum absolute atomic E-state index is 13.6. The van der Waals surface area contributed by atoms with Gasteiger partial charge in [-0.3, -0.25) is 9.10 Å². The van der Waals surface area contributed by atoms with Gasteiger partial charge in [0.05, 0.1) is 16.3 Å². The van der Waals surface area contributed by atoms with Crippen molar-refractivity contribution in [2.45, 2.75) is 18.7 Å². The second kappa shape index (κ2) is 10.4. The number of carbonyl (C=O) groups is 1. The van der Waals surface area contributed by atoms with Crippen LogP contribution in [0.5, 0.6) is 11.5 Å². The minimum atomic E-state index is -3.99. The molecule has 0 spiro atoms. The molecular formula is C28H26N2O4S. The molecule has 0 atom stereocenters. The van der Waals surface area contributed by atoms with Crippen LogP contribution in [-0.2, 0) is 14.8 Å². The molecule has 0 fully saturated rings. The molecule has 1 N–H and O–H groups in total. The lowest BCUT2D eigenvalue weighted by Crippen LogP contribution is -2.38. The molecular weight excluding hydrogens is 460 g/mol. The first-order valence-electron chi connectivity index (χ1n) is 11.1. The van der Waals surface area contributed by atoms with Crippen molar-refractivity contribution in [3.63, 3.8) is 0 Å². The molecule has 1 amide bonds. The first-order chi connectivity index (χ1) is 16.8. The Morgan fingerprint density at radius 3 is 2.14 bits per heavy atom. The molecule has 0 radical (unpaired) electrons. The Morgan fingerprint density at radius 1 is 0.829 bits per heavy atom. The molecule has 0 heterocycles. The van der Waals surface area contributed by atoms with E-state index in [1.54, 1.807) is 48.5 Å². The number of nitrogens with one attached hydrogen (secondary N) is 1. The highest BCUT2D eigenvalue weighted by atomic mass is 32.2. The van der Waals surface area contributed by atoms with Gasteiger partial charge in [0.15, 0.2) is 5.75 Å². The van der Waals surface area contributed by atoms with Crippen molar-refractivity contribution >= 4 is 27.3 Å². The summed E-state index contributed by atoms with van der Waals surface area (Å²) in [6.07, 6.45) is 0. The van der Waals surface area contributed by atoms with E-state index in [4.69, 9.17) is 4.74 Å². The molecule has 0 aliphatic heterocycles. The van der Waals surface area contributed by atoms with Crippen LogP contribution in [0.25, 0.3) is 0 Å². The van der Waals surface area contributed by atoms with Crippen molar-refractivity contribution in [1.29, 1.82) is 0 Å².